The normalized spacial score (nSPS) is 13.7. The van der Waals surface area contributed by atoms with E-state index in [1.165, 1.54) is 16.8 Å². The molecule has 0 aliphatic heterocycles. The fraction of sp³-hybridized carbons (Fsp3) is 0.562. The lowest BCUT2D eigenvalue weighted by Gasteiger charge is -2.24. The van der Waals surface area contributed by atoms with Crippen molar-refractivity contribution in [2.24, 2.45) is 5.73 Å². The molecule has 1 rings (SSSR count). The highest BCUT2D eigenvalue weighted by atomic mass is 15.1. The zero-order chi connectivity index (χ0) is 14.5. The van der Waals surface area contributed by atoms with Crippen molar-refractivity contribution in [3.8, 4) is 6.07 Å². The molecular weight excluding hydrogens is 234 g/mol. The van der Waals surface area contributed by atoms with Crippen LogP contribution in [0.5, 0.6) is 0 Å². The van der Waals surface area contributed by atoms with Gasteiger partial charge < -0.3 is 10.6 Å². The van der Waals surface area contributed by atoms with Gasteiger partial charge in [-0.05, 0) is 44.7 Å². The van der Waals surface area contributed by atoms with Gasteiger partial charge in [-0.2, -0.15) is 5.26 Å². The van der Waals surface area contributed by atoms with E-state index >= 15 is 0 Å². The predicted octanol–water partition coefficient (Wildman–Crippen LogP) is 3.15. The van der Waals surface area contributed by atoms with Crippen LogP contribution in [0.4, 0.5) is 5.69 Å². The van der Waals surface area contributed by atoms with E-state index in [1.807, 2.05) is 6.92 Å². The summed E-state index contributed by atoms with van der Waals surface area (Å²) in [4.78, 5) is 2.24. The molecule has 0 amide bonds. The van der Waals surface area contributed by atoms with Crippen LogP contribution in [-0.4, -0.2) is 19.1 Å². The molecule has 0 radical (unpaired) electrons. The molecule has 1 aromatic rings. The first-order valence-electron chi connectivity index (χ1n) is 6.90. The van der Waals surface area contributed by atoms with Gasteiger partial charge in [-0.3, -0.25) is 0 Å². The maximum absolute atomic E-state index is 9.05. The van der Waals surface area contributed by atoms with Gasteiger partial charge in [0.1, 0.15) is 5.54 Å². The average Bonchev–Trinajstić information content (AvgIpc) is 2.38. The molecule has 104 valence electrons. The van der Waals surface area contributed by atoms with Crippen molar-refractivity contribution in [1.29, 1.82) is 5.26 Å². The lowest BCUT2D eigenvalue weighted by molar-refractivity contribution is 0.467. The summed E-state index contributed by atoms with van der Waals surface area (Å²) in [6, 6.07) is 8.70. The second-order valence-corrected chi connectivity index (χ2v) is 5.44. The minimum Gasteiger partial charge on any atom is -0.374 e. The quantitative estimate of drug-likeness (QED) is 0.853. The third-order valence-corrected chi connectivity index (χ3v) is 3.73. The molecule has 0 fully saturated rings. The number of hydrogen-bond acceptors (Lipinski definition) is 3. The van der Waals surface area contributed by atoms with Gasteiger partial charge in [0.05, 0.1) is 6.07 Å². The standard InChI is InChI=1S/C16H25N3/c1-5-16(18,12-17)9-6-10-19(4)15-8-7-13(2)11-14(15)3/h7-8,11H,5-6,9-10,18H2,1-4H3. The van der Waals surface area contributed by atoms with E-state index in [4.69, 9.17) is 11.0 Å². The Hall–Kier alpha value is -1.53. The SMILES string of the molecule is CCC(N)(C#N)CCCN(C)c1ccc(C)cc1C. The highest BCUT2D eigenvalue weighted by Gasteiger charge is 2.21. The molecule has 3 heteroatoms. The first-order valence-corrected chi connectivity index (χ1v) is 6.90. The van der Waals surface area contributed by atoms with Crippen LogP contribution in [0.2, 0.25) is 0 Å². The van der Waals surface area contributed by atoms with Crippen LogP contribution in [0.25, 0.3) is 0 Å². The first-order chi connectivity index (χ1) is 8.91. The Balaban J connectivity index is 2.57. The van der Waals surface area contributed by atoms with Gasteiger partial charge in [-0.15, -0.1) is 0 Å². The first kappa shape index (κ1) is 15.5. The minimum atomic E-state index is -0.664. The summed E-state index contributed by atoms with van der Waals surface area (Å²) < 4.78 is 0. The summed E-state index contributed by atoms with van der Waals surface area (Å²) in [5.74, 6) is 0. The Morgan fingerprint density at radius 3 is 2.58 bits per heavy atom. The molecular formula is C16H25N3. The number of rotatable bonds is 6. The number of nitrogens with zero attached hydrogens (tertiary/aromatic N) is 2. The van der Waals surface area contributed by atoms with Gasteiger partial charge >= 0.3 is 0 Å². The van der Waals surface area contributed by atoms with Crippen LogP contribution in [-0.2, 0) is 0 Å². The van der Waals surface area contributed by atoms with Gasteiger partial charge in [-0.25, -0.2) is 0 Å². The zero-order valence-corrected chi connectivity index (χ0v) is 12.5. The highest BCUT2D eigenvalue weighted by molar-refractivity contribution is 5.53. The van der Waals surface area contributed by atoms with Crippen molar-refractivity contribution in [2.45, 2.75) is 45.6 Å². The molecule has 1 unspecified atom stereocenters. The summed E-state index contributed by atoms with van der Waals surface area (Å²) in [5, 5.41) is 9.05. The maximum atomic E-state index is 9.05. The number of anilines is 1. The van der Waals surface area contributed by atoms with Crippen molar-refractivity contribution < 1.29 is 0 Å². The highest BCUT2D eigenvalue weighted by Crippen LogP contribution is 2.21. The lowest BCUT2D eigenvalue weighted by Crippen LogP contribution is -2.38. The molecule has 0 spiro atoms. The monoisotopic (exact) mass is 259 g/mol. The topological polar surface area (TPSA) is 53.1 Å². The van der Waals surface area contributed by atoms with Crippen molar-refractivity contribution in [3.05, 3.63) is 29.3 Å². The third kappa shape index (κ3) is 4.25. The maximum Gasteiger partial charge on any atom is 0.104 e. The summed E-state index contributed by atoms with van der Waals surface area (Å²) in [7, 11) is 2.09. The minimum absolute atomic E-state index is 0.664. The molecule has 0 aliphatic carbocycles. The Morgan fingerprint density at radius 2 is 2.05 bits per heavy atom. The van der Waals surface area contributed by atoms with Crippen LogP contribution in [0, 0.1) is 25.2 Å². The van der Waals surface area contributed by atoms with Crippen LogP contribution in [0.1, 0.15) is 37.3 Å². The molecule has 3 nitrogen and oxygen atoms in total. The number of benzene rings is 1. The molecule has 0 heterocycles. The molecule has 0 saturated heterocycles. The molecule has 0 aromatic heterocycles. The van der Waals surface area contributed by atoms with Gasteiger partial charge in [0.15, 0.2) is 0 Å². The molecule has 0 bridgehead atoms. The summed E-state index contributed by atoms with van der Waals surface area (Å²) >= 11 is 0. The van der Waals surface area contributed by atoms with Crippen molar-refractivity contribution in [3.63, 3.8) is 0 Å². The molecule has 0 aliphatic rings. The largest absolute Gasteiger partial charge is 0.374 e. The fourth-order valence-electron chi connectivity index (χ4n) is 2.30. The summed E-state index contributed by atoms with van der Waals surface area (Å²) in [6.07, 6.45) is 2.38. The van der Waals surface area contributed by atoms with Gasteiger partial charge in [0.2, 0.25) is 0 Å². The second kappa shape index (κ2) is 6.58. The molecule has 1 aromatic carbocycles. The Bertz CT molecular complexity index is 462. The van der Waals surface area contributed by atoms with Gasteiger partial charge in [0, 0.05) is 19.3 Å². The van der Waals surface area contributed by atoms with Gasteiger partial charge in [0.25, 0.3) is 0 Å². The Kier molecular flexibility index (Phi) is 5.38. The van der Waals surface area contributed by atoms with Crippen LogP contribution < -0.4 is 10.6 Å². The third-order valence-electron chi connectivity index (χ3n) is 3.73. The van der Waals surface area contributed by atoms with Crippen molar-refractivity contribution in [2.75, 3.05) is 18.5 Å². The average molecular weight is 259 g/mol. The van der Waals surface area contributed by atoms with Crippen LogP contribution in [0.15, 0.2) is 18.2 Å². The number of hydrogen-bond donors (Lipinski definition) is 1. The van der Waals surface area contributed by atoms with Crippen LogP contribution in [0.3, 0.4) is 0 Å². The van der Waals surface area contributed by atoms with Crippen molar-refractivity contribution in [1.82, 2.24) is 0 Å². The molecule has 0 saturated carbocycles. The molecule has 19 heavy (non-hydrogen) atoms. The van der Waals surface area contributed by atoms with E-state index in [0.29, 0.717) is 6.42 Å². The van der Waals surface area contributed by atoms with E-state index in [-0.39, 0.29) is 0 Å². The number of aryl methyl sites for hydroxylation is 2. The van der Waals surface area contributed by atoms with E-state index in [0.717, 1.165) is 19.4 Å². The summed E-state index contributed by atoms with van der Waals surface area (Å²) in [6.45, 7) is 7.13. The zero-order valence-electron chi connectivity index (χ0n) is 12.5. The number of nitrogens with two attached hydrogens (primary N) is 1. The van der Waals surface area contributed by atoms with E-state index < -0.39 is 5.54 Å². The Labute approximate surface area is 117 Å². The fourth-order valence-corrected chi connectivity index (χ4v) is 2.30. The molecule has 1 atom stereocenters. The lowest BCUT2D eigenvalue weighted by atomic mass is 9.93. The van der Waals surface area contributed by atoms with Crippen molar-refractivity contribution >= 4 is 5.69 Å². The van der Waals surface area contributed by atoms with E-state index in [2.05, 4.69) is 50.1 Å². The van der Waals surface area contributed by atoms with Crippen LogP contribution >= 0.6 is 0 Å². The molecule has 2 N–H and O–H groups in total. The van der Waals surface area contributed by atoms with Gasteiger partial charge in [-0.1, -0.05) is 24.6 Å². The Morgan fingerprint density at radius 1 is 1.37 bits per heavy atom. The van der Waals surface area contributed by atoms with E-state index in [1.54, 1.807) is 0 Å². The van der Waals surface area contributed by atoms with E-state index in [9.17, 15) is 0 Å². The smallest absolute Gasteiger partial charge is 0.104 e. The second-order valence-electron chi connectivity index (χ2n) is 5.44. The number of nitriles is 1. The predicted molar refractivity (Wildman–Crippen MR) is 81.2 cm³/mol. The summed E-state index contributed by atoms with van der Waals surface area (Å²) in [5.41, 5.74) is 9.15.